The topological polar surface area (TPSA) is 76.4 Å². The second-order valence-corrected chi connectivity index (χ2v) is 5.18. The second-order valence-electron chi connectivity index (χ2n) is 4.77. The summed E-state index contributed by atoms with van der Waals surface area (Å²) in [4.78, 5) is 10.7. The maximum atomic E-state index is 11.1. The third kappa shape index (κ3) is 4.40. The van der Waals surface area contributed by atoms with Crippen LogP contribution >= 0.6 is 12.2 Å². The summed E-state index contributed by atoms with van der Waals surface area (Å²) in [6, 6.07) is 12.4. The fraction of sp³-hybridized carbons (Fsp3) is 0.188. The van der Waals surface area contributed by atoms with Crippen LogP contribution in [0, 0.1) is 10.1 Å². The normalized spacial score (nSPS) is 10.0. The highest BCUT2D eigenvalue weighted by Gasteiger charge is 2.16. The van der Waals surface area contributed by atoms with Crippen molar-refractivity contribution in [2.24, 2.45) is 0 Å². The summed E-state index contributed by atoms with van der Waals surface area (Å²) in [6.45, 7) is 2.08. The molecule has 2 aromatic carbocycles. The highest BCUT2D eigenvalue weighted by atomic mass is 32.1. The zero-order chi connectivity index (χ0) is 16.8. The number of nitrogens with zero attached hydrogens (tertiary/aromatic N) is 1. The van der Waals surface area contributed by atoms with E-state index in [1.807, 2.05) is 24.3 Å². The maximum Gasteiger partial charge on any atom is 0.296 e. The largest absolute Gasteiger partial charge is 0.496 e. The van der Waals surface area contributed by atoms with Crippen molar-refractivity contribution in [1.82, 2.24) is 0 Å². The predicted molar refractivity (Wildman–Crippen MR) is 95.3 cm³/mol. The van der Waals surface area contributed by atoms with Crippen molar-refractivity contribution in [2.75, 3.05) is 17.7 Å². The van der Waals surface area contributed by atoms with Gasteiger partial charge in [-0.25, -0.2) is 0 Å². The average Bonchev–Trinajstić information content (AvgIpc) is 2.55. The van der Waals surface area contributed by atoms with Crippen LogP contribution in [0.1, 0.15) is 12.5 Å². The van der Waals surface area contributed by atoms with Crippen molar-refractivity contribution in [1.29, 1.82) is 0 Å². The van der Waals surface area contributed by atoms with Crippen molar-refractivity contribution in [3.63, 3.8) is 0 Å². The number of ether oxygens (including phenoxy) is 1. The number of methoxy groups -OCH3 is 1. The first-order valence-electron chi connectivity index (χ1n) is 7.03. The first-order chi connectivity index (χ1) is 11.0. The van der Waals surface area contributed by atoms with Gasteiger partial charge in [0.15, 0.2) is 5.11 Å². The number of hydrogen-bond donors (Lipinski definition) is 2. The van der Waals surface area contributed by atoms with Crippen LogP contribution < -0.4 is 15.4 Å². The molecule has 7 heteroatoms. The van der Waals surface area contributed by atoms with Crippen LogP contribution in [0.15, 0.2) is 42.5 Å². The lowest BCUT2D eigenvalue weighted by Gasteiger charge is -2.11. The Bertz CT molecular complexity index is 717. The molecule has 0 amide bonds. The van der Waals surface area contributed by atoms with Crippen molar-refractivity contribution < 1.29 is 9.66 Å². The van der Waals surface area contributed by atoms with Gasteiger partial charge in [0.2, 0.25) is 0 Å². The van der Waals surface area contributed by atoms with E-state index in [0.717, 1.165) is 12.1 Å². The summed E-state index contributed by atoms with van der Waals surface area (Å²) in [5, 5.41) is 17.3. The number of rotatable bonds is 5. The lowest BCUT2D eigenvalue weighted by atomic mass is 10.1. The minimum atomic E-state index is -0.483. The molecule has 120 valence electrons. The minimum absolute atomic E-state index is 0.102. The van der Waals surface area contributed by atoms with E-state index in [0.29, 0.717) is 11.4 Å². The second kappa shape index (κ2) is 7.55. The van der Waals surface area contributed by atoms with Crippen molar-refractivity contribution >= 4 is 34.4 Å². The van der Waals surface area contributed by atoms with Gasteiger partial charge in [-0.1, -0.05) is 19.1 Å². The lowest BCUT2D eigenvalue weighted by molar-refractivity contribution is -0.384. The van der Waals surface area contributed by atoms with E-state index in [2.05, 4.69) is 17.6 Å². The fourth-order valence-electron chi connectivity index (χ4n) is 2.00. The Morgan fingerprint density at radius 3 is 2.48 bits per heavy atom. The van der Waals surface area contributed by atoms with E-state index in [1.54, 1.807) is 12.1 Å². The molecule has 2 rings (SSSR count). The lowest BCUT2D eigenvalue weighted by Crippen LogP contribution is -2.19. The van der Waals surface area contributed by atoms with E-state index < -0.39 is 4.92 Å². The van der Waals surface area contributed by atoms with Crippen LogP contribution in [-0.2, 0) is 6.42 Å². The SMILES string of the molecule is CCc1ccc(NC(=S)Nc2ccc(OC)cc2[N+](=O)[O-])cc1. The minimum Gasteiger partial charge on any atom is -0.496 e. The van der Waals surface area contributed by atoms with Crippen molar-refractivity contribution in [3.05, 3.63) is 58.1 Å². The van der Waals surface area contributed by atoms with Crippen LogP contribution in [0.2, 0.25) is 0 Å². The third-order valence-corrected chi connectivity index (χ3v) is 3.47. The molecule has 23 heavy (non-hydrogen) atoms. The Morgan fingerprint density at radius 2 is 1.91 bits per heavy atom. The number of nitrogens with one attached hydrogen (secondary N) is 2. The highest BCUT2D eigenvalue weighted by Crippen LogP contribution is 2.29. The molecular weight excluding hydrogens is 314 g/mol. The number of nitro benzene ring substituents is 1. The van der Waals surface area contributed by atoms with Crippen LogP contribution in [0.5, 0.6) is 5.75 Å². The molecule has 2 N–H and O–H groups in total. The number of thiocarbonyl (C=S) groups is 1. The fourth-order valence-corrected chi connectivity index (χ4v) is 2.23. The van der Waals surface area contributed by atoms with Gasteiger partial charge >= 0.3 is 0 Å². The summed E-state index contributed by atoms with van der Waals surface area (Å²) in [5.74, 6) is 0.413. The number of anilines is 2. The van der Waals surface area contributed by atoms with Gasteiger partial charge < -0.3 is 15.4 Å². The van der Waals surface area contributed by atoms with E-state index in [-0.39, 0.29) is 10.8 Å². The number of hydrogen-bond acceptors (Lipinski definition) is 4. The Hall–Kier alpha value is -2.67. The van der Waals surface area contributed by atoms with Crippen LogP contribution in [0.3, 0.4) is 0 Å². The van der Waals surface area contributed by atoms with E-state index in [9.17, 15) is 10.1 Å². The van der Waals surface area contributed by atoms with Crippen molar-refractivity contribution in [2.45, 2.75) is 13.3 Å². The highest BCUT2D eigenvalue weighted by molar-refractivity contribution is 7.80. The van der Waals surface area contributed by atoms with E-state index in [4.69, 9.17) is 17.0 Å². The van der Waals surface area contributed by atoms with Gasteiger partial charge in [-0.2, -0.15) is 0 Å². The molecule has 0 saturated heterocycles. The molecule has 0 bridgehead atoms. The Balaban J connectivity index is 2.11. The van der Waals surface area contributed by atoms with Gasteiger partial charge in [0.25, 0.3) is 5.69 Å². The summed E-state index contributed by atoms with van der Waals surface area (Å²) in [6.07, 6.45) is 0.959. The molecule has 0 spiro atoms. The van der Waals surface area contributed by atoms with Gasteiger partial charge in [0.05, 0.1) is 18.1 Å². The molecule has 0 atom stereocenters. The first-order valence-corrected chi connectivity index (χ1v) is 7.43. The first kappa shape index (κ1) is 16.7. The molecule has 6 nitrogen and oxygen atoms in total. The van der Waals surface area contributed by atoms with E-state index >= 15 is 0 Å². The molecule has 0 heterocycles. The van der Waals surface area contributed by atoms with E-state index in [1.165, 1.54) is 18.7 Å². The van der Waals surface area contributed by atoms with Crippen LogP contribution in [0.4, 0.5) is 17.1 Å². The molecule has 0 aromatic heterocycles. The maximum absolute atomic E-state index is 11.1. The van der Waals surface area contributed by atoms with Gasteiger partial charge in [-0.05, 0) is 48.5 Å². The standard InChI is InChI=1S/C16H17N3O3S/c1-3-11-4-6-12(7-5-11)17-16(23)18-14-9-8-13(22-2)10-15(14)19(20)21/h4-10H,3H2,1-2H3,(H2,17,18,23). The third-order valence-electron chi connectivity index (χ3n) is 3.27. The number of nitro groups is 1. The Kier molecular flexibility index (Phi) is 5.48. The Labute approximate surface area is 139 Å². The molecule has 0 aliphatic heterocycles. The summed E-state index contributed by atoms with van der Waals surface area (Å²) >= 11 is 5.21. The molecule has 0 aliphatic rings. The number of benzene rings is 2. The van der Waals surface area contributed by atoms with Crippen LogP contribution in [0.25, 0.3) is 0 Å². The smallest absolute Gasteiger partial charge is 0.296 e. The summed E-state index contributed by atoms with van der Waals surface area (Å²) in [7, 11) is 1.46. The molecule has 0 saturated carbocycles. The Morgan fingerprint density at radius 1 is 1.22 bits per heavy atom. The molecule has 2 aromatic rings. The van der Waals surface area contributed by atoms with Gasteiger partial charge in [0, 0.05) is 5.69 Å². The van der Waals surface area contributed by atoms with Crippen molar-refractivity contribution in [3.8, 4) is 5.75 Å². The van der Waals surface area contributed by atoms with Gasteiger partial charge in [-0.3, -0.25) is 10.1 Å². The number of aryl methyl sites for hydroxylation is 1. The summed E-state index contributed by atoms with van der Waals surface area (Å²) < 4.78 is 5.00. The zero-order valence-electron chi connectivity index (χ0n) is 12.8. The molecule has 0 unspecified atom stereocenters. The molecule has 0 fully saturated rings. The molecular formula is C16H17N3O3S. The quantitative estimate of drug-likeness (QED) is 0.490. The van der Waals surface area contributed by atoms with Gasteiger partial charge in [0.1, 0.15) is 11.4 Å². The monoisotopic (exact) mass is 331 g/mol. The molecule has 0 aliphatic carbocycles. The van der Waals surface area contributed by atoms with Crippen LogP contribution in [-0.4, -0.2) is 17.1 Å². The zero-order valence-corrected chi connectivity index (χ0v) is 13.6. The average molecular weight is 331 g/mol. The van der Waals surface area contributed by atoms with Gasteiger partial charge in [-0.15, -0.1) is 0 Å². The summed E-state index contributed by atoms with van der Waals surface area (Å²) in [5.41, 5.74) is 2.24. The molecule has 0 radical (unpaired) electrons. The predicted octanol–water partition coefficient (Wildman–Crippen LogP) is 3.97.